The number of nitrogens with one attached hydrogen (secondary N) is 1. The van der Waals surface area contributed by atoms with Gasteiger partial charge < -0.3 is 19.4 Å². The second kappa shape index (κ2) is 7.53. The van der Waals surface area contributed by atoms with E-state index < -0.39 is 0 Å². The molecule has 0 saturated heterocycles. The maximum atomic E-state index is 5.63. The van der Waals surface area contributed by atoms with Gasteiger partial charge in [0.25, 0.3) is 0 Å². The van der Waals surface area contributed by atoms with Crippen LogP contribution in [-0.4, -0.2) is 28.5 Å². The quantitative estimate of drug-likeness (QED) is 0.780. The number of methoxy groups -OCH3 is 1. The third-order valence-corrected chi connectivity index (χ3v) is 4.80. The number of halogens is 1. The van der Waals surface area contributed by atoms with E-state index in [2.05, 4.69) is 49.0 Å². The molecule has 1 aliphatic rings. The van der Waals surface area contributed by atoms with E-state index in [0.29, 0.717) is 13.2 Å². The Balaban J connectivity index is 1.71. The van der Waals surface area contributed by atoms with E-state index in [1.54, 1.807) is 7.11 Å². The molecule has 0 spiro atoms. The summed E-state index contributed by atoms with van der Waals surface area (Å²) in [6.07, 6.45) is 2.19. The highest BCUT2D eigenvalue weighted by atomic mass is 79.9. The summed E-state index contributed by atoms with van der Waals surface area (Å²) in [5, 5.41) is 12.1. The molecule has 1 N–H and O–H groups in total. The minimum absolute atomic E-state index is 0.140. The van der Waals surface area contributed by atoms with Crippen molar-refractivity contribution in [3.63, 3.8) is 0 Å². The van der Waals surface area contributed by atoms with Gasteiger partial charge in [-0.2, -0.15) is 0 Å². The van der Waals surface area contributed by atoms with Gasteiger partial charge in [-0.3, -0.25) is 0 Å². The van der Waals surface area contributed by atoms with Gasteiger partial charge in [0.05, 0.1) is 24.2 Å². The highest BCUT2D eigenvalue weighted by Crippen LogP contribution is 2.36. The zero-order chi connectivity index (χ0) is 17.1. The summed E-state index contributed by atoms with van der Waals surface area (Å²) in [4.78, 5) is 0. The van der Waals surface area contributed by atoms with Crippen LogP contribution in [0.3, 0.4) is 0 Å². The lowest BCUT2D eigenvalue weighted by molar-refractivity contribution is 0.308. The van der Waals surface area contributed by atoms with Crippen molar-refractivity contribution in [1.82, 2.24) is 20.1 Å². The molecule has 0 amide bonds. The van der Waals surface area contributed by atoms with Crippen LogP contribution in [0, 0.1) is 0 Å². The zero-order valence-electron chi connectivity index (χ0n) is 14.3. The predicted molar refractivity (Wildman–Crippen MR) is 95.5 cm³/mol. The Morgan fingerprint density at radius 2 is 2.21 bits per heavy atom. The smallest absolute Gasteiger partial charge is 0.175 e. The molecule has 0 radical (unpaired) electrons. The van der Waals surface area contributed by atoms with Crippen LogP contribution in [-0.2, 0) is 19.5 Å². The monoisotopic (exact) mass is 394 g/mol. The molecule has 0 saturated carbocycles. The SMILES string of the molecule is CCOc1c(Br)cc(CN[C@@H](C)c2nnc3n2CCC3)cc1OC. The van der Waals surface area contributed by atoms with E-state index >= 15 is 0 Å². The van der Waals surface area contributed by atoms with Crippen molar-refractivity contribution in [1.29, 1.82) is 0 Å². The van der Waals surface area contributed by atoms with Crippen LogP contribution in [0.25, 0.3) is 0 Å². The van der Waals surface area contributed by atoms with E-state index in [1.165, 1.54) is 0 Å². The van der Waals surface area contributed by atoms with Crippen LogP contribution in [0.2, 0.25) is 0 Å². The summed E-state index contributed by atoms with van der Waals surface area (Å²) < 4.78 is 14.2. The van der Waals surface area contributed by atoms with Gasteiger partial charge in [-0.05, 0) is 53.9 Å². The number of benzene rings is 1. The van der Waals surface area contributed by atoms with Gasteiger partial charge >= 0.3 is 0 Å². The van der Waals surface area contributed by atoms with Crippen LogP contribution < -0.4 is 14.8 Å². The van der Waals surface area contributed by atoms with Gasteiger partial charge in [0.15, 0.2) is 11.5 Å². The van der Waals surface area contributed by atoms with Gasteiger partial charge in [0.1, 0.15) is 11.6 Å². The largest absolute Gasteiger partial charge is 0.493 e. The molecule has 0 bridgehead atoms. The Kier molecular flexibility index (Phi) is 5.40. The molecule has 24 heavy (non-hydrogen) atoms. The third-order valence-electron chi connectivity index (χ3n) is 4.22. The molecule has 2 aromatic rings. The molecule has 1 aromatic heterocycles. The zero-order valence-corrected chi connectivity index (χ0v) is 15.9. The Morgan fingerprint density at radius 3 is 2.96 bits per heavy atom. The lowest BCUT2D eigenvalue weighted by Gasteiger charge is -2.16. The number of ether oxygens (including phenoxy) is 2. The minimum atomic E-state index is 0.140. The van der Waals surface area contributed by atoms with Crippen molar-refractivity contribution in [3.8, 4) is 11.5 Å². The van der Waals surface area contributed by atoms with Crippen molar-refractivity contribution in [3.05, 3.63) is 33.8 Å². The van der Waals surface area contributed by atoms with E-state index in [4.69, 9.17) is 9.47 Å². The Labute approximate surface area is 150 Å². The number of nitrogens with zero attached hydrogens (tertiary/aromatic N) is 3. The number of aryl methyl sites for hydroxylation is 1. The van der Waals surface area contributed by atoms with E-state index in [9.17, 15) is 0 Å². The summed E-state index contributed by atoms with van der Waals surface area (Å²) in [6, 6.07) is 4.20. The third kappa shape index (κ3) is 3.42. The second-order valence-corrected chi connectivity index (χ2v) is 6.73. The molecule has 1 atom stereocenters. The molecule has 2 heterocycles. The van der Waals surface area contributed by atoms with Crippen molar-refractivity contribution < 1.29 is 9.47 Å². The van der Waals surface area contributed by atoms with Gasteiger partial charge in [-0.25, -0.2) is 0 Å². The Bertz CT molecular complexity index is 717. The van der Waals surface area contributed by atoms with Gasteiger partial charge in [-0.1, -0.05) is 0 Å². The van der Waals surface area contributed by atoms with Gasteiger partial charge in [-0.15, -0.1) is 10.2 Å². The van der Waals surface area contributed by atoms with E-state index in [-0.39, 0.29) is 6.04 Å². The molecular formula is C17H23BrN4O2. The maximum absolute atomic E-state index is 5.63. The first kappa shape index (κ1) is 17.2. The molecule has 7 heteroatoms. The summed E-state index contributed by atoms with van der Waals surface area (Å²) in [5.41, 5.74) is 1.12. The Morgan fingerprint density at radius 1 is 1.38 bits per heavy atom. The molecule has 6 nitrogen and oxygen atoms in total. The lowest BCUT2D eigenvalue weighted by Crippen LogP contribution is -2.21. The molecule has 1 aromatic carbocycles. The lowest BCUT2D eigenvalue weighted by atomic mass is 10.2. The highest BCUT2D eigenvalue weighted by molar-refractivity contribution is 9.10. The number of hydrogen-bond acceptors (Lipinski definition) is 5. The van der Waals surface area contributed by atoms with Gasteiger partial charge in [0.2, 0.25) is 0 Å². The molecular weight excluding hydrogens is 372 g/mol. The fourth-order valence-electron chi connectivity index (χ4n) is 3.02. The molecule has 0 aliphatic carbocycles. The topological polar surface area (TPSA) is 61.2 Å². The van der Waals surface area contributed by atoms with Crippen LogP contribution >= 0.6 is 15.9 Å². The fourth-order valence-corrected chi connectivity index (χ4v) is 3.62. The first-order valence-electron chi connectivity index (χ1n) is 8.28. The maximum Gasteiger partial charge on any atom is 0.175 e. The highest BCUT2D eigenvalue weighted by Gasteiger charge is 2.21. The average molecular weight is 395 g/mol. The van der Waals surface area contributed by atoms with E-state index in [1.807, 2.05) is 13.0 Å². The van der Waals surface area contributed by atoms with Crippen LogP contribution in [0.1, 0.15) is 43.5 Å². The fraction of sp³-hybridized carbons (Fsp3) is 0.529. The summed E-state index contributed by atoms with van der Waals surface area (Å²) in [7, 11) is 1.66. The van der Waals surface area contributed by atoms with Crippen molar-refractivity contribution in [2.75, 3.05) is 13.7 Å². The van der Waals surface area contributed by atoms with Gasteiger partial charge in [0, 0.05) is 19.5 Å². The minimum Gasteiger partial charge on any atom is -0.493 e. The average Bonchev–Trinajstić information content (AvgIpc) is 3.18. The van der Waals surface area contributed by atoms with Crippen molar-refractivity contribution >= 4 is 15.9 Å². The summed E-state index contributed by atoms with van der Waals surface area (Å²) in [5.74, 6) is 3.59. The van der Waals surface area contributed by atoms with E-state index in [0.717, 1.165) is 52.6 Å². The van der Waals surface area contributed by atoms with Crippen molar-refractivity contribution in [2.45, 2.75) is 45.8 Å². The number of rotatable bonds is 7. The second-order valence-electron chi connectivity index (χ2n) is 5.87. The molecule has 0 fully saturated rings. The standard InChI is InChI=1S/C17H23BrN4O2/c1-4-24-16-13(18)8-12(9-14(16)23-3)10-19-11(2)17-21-20-15-6-5-7-22(15)17/h8-9,11,19H,4-7,10H2,1-3H3/t11-/m0/s1. The molecule has 130 valence electrons. The molecule has 3 rings (SSSR count). The number of fused-ring (bicyclic) bond motifs is 1. The normalized spacial score (nSPS) is 14.5. The predicted octanol–water partition coefficient (Wildman–Crippen LogP) is 3.24. The summed E-state index contributed by atoms with van der Waals surface area (Å²) >= 11 is 3.57. The molecule has 1 aliphatic heterocycles. The first-order valence-corrected chi connectivity index (χ1v) is 9.07. The van der Waals surface area contributed by atoms with Crippen LogP contribution in [0.15, 0.2) is 16.6 Å². The van der Waals surface area contributed by atoms with Crippen LogP contribution in [0.4, 0.5) is 0 Å². The van der Waals surface area contributed by atoms with Crippen LogP contribution in [0.5, 0.6) is 11.5 Å². The summed E-state index contributed by atoms with van der Waals surface area (Å²) in [6.45, 7) is 6.41. The van der Waals surface area contributed by atoms with Crippen molar-refractivity contribution in [2.24, 2.45) is 0 Å². The number of aromatic nitrogens is 3. The molecule has 0 unspecified atom stereocenters. The Hall–Kier alpha value is -1.60. The first-order chi connectivity index (χ1) is 11.6. The number of hydrogen-bond donors (Lipinski definition) is 1.